The highest BCUT2D eigenvalue weighted by atomic mass is 32.1. The standard InChI is InChI=1S/C21H23N5O3S/c1-3-29-21(28)19-22-12-18(30-19)15-9-8-14(2)25(13-15)20(27)16-6-4-5-7-17(16)26-23-10-11-24-26/h4-7,10-12,14-15H,3,8-9,13H2,1-2H3. The molecule has 1 fully saturated rings. The summed E-state index contributed by atoms with van der Waals surface area (Å²) in [6, 6.07) is 7.48. The van der Waals surface area contributed by atoms with E-state index in [1.54, 1.807) is 25.5 Å². The van der Waals surface area contributed by atoms with Gasteiger partial charge in [-0.05, 0) is 38.8 Å². The lowest BCUT2D eigenvalue weighted by atomic mass is 9.92. The highest BCUT2D eigenvalue weighted by molar-refractivity contribution is 7.13. The molecule has 1 amide bonds. The van der Waals surface area contributed by atoms with E-state index in [1.807, 2.05) is 29.2 Å². The van der Waals surface area contributed by atoms with Crippen LogP contribution in [0, 0.1) is 0 Å². The lowest BCUT2D eigenvalue weighted by Crippen LogP contribution is -2.45. The monoisotopic (exact) mass is 425 g/mol. The average molecular weight is 426 g/mol. The first-order valence-corrected chi connectivity index (χ1v) is 10.8. The van der Waals surface area contributed by atoms with Crippen LogP contribution < -0.4 is 0 Å². The minimum Gasteiger partial charge on any atom is -0.461 e. The Morgan fingerprint density at radius 1 is 1.20 bits per heavy atom. The molecule has 156 valence electrons. The molecular weight excluding hydrogens is 402 g/mol. The van der Waals surface area contributed by atoms with E-state index in [4.69, 9.17) is 4.74 Å². The quantitative estimate of drug-likeness (QED) is 0.583. The van der Waals surface area contributed by atoms with Gasteiger partial charge >= 0.3 is 5.97 Å². The molecule has 2 unspecified atom stereocenters. The number of hydrogen-bond acceptors (Lipinski definition) is 7. The zero-order chi connectivity index (χ0) is 21.1. The molecule has 9 heteroatoms. The van der Waals surface area contributed by atoms with Crippen molar-refractivity contribution in [2.45, 2.75) is 38.6 Å². The number of rotatable bonds is 5. The number of nitrogens with zero attached hydrogens (tertiary/aromatic N) is 5. The van der Waals surface area contributed by atoms with Crippen LogP contribution in [0.4, 0.5) is 0 Å². The van der Waals surface area contributed by atoms with Crippen LogP contribution in [-0.2, 0) is 4.74 Å². The number of aromatic nitrogens is 4. The predicted molar refractivity (Wildman–Crippen MR) is 112 cm³/mol. The van der Waals surface area contributed by atoms with E-state index in [-0.39, 0.29) is 17.9 Å². The Kier molecular flexibility index (Phi) is 5.89. The van der Waals surface area contributed by atoms with Crippen molar-refractivity contribution in [3.8, 4) is 5.69 Å². The number of esters is 1. The summed E-state index contributed by atoms with van der Waals surface area (Å²) in [5.41, 5.74) is 1.22. The van der Waals surface area contributed by atoms with E-state index in [0.717, 1.165) is 17.7 Å². The molecule has 0 bridgehead atoms. The number of amides is 1. The number of carbonyl (C=O) groups is 2. The van der Waals surface area contributed by atoms with Crippen LogP contribution in [0.1, 0.15) is 57.6 Å². The first kappa shape index (κ1) is 20.2. The molecule has 3 aromatic rings. The Bertz CT molecular complexity index is 1030. The molecule has 0 saturated carbocycles. The fraction of sp³-hybridized carbons (Fsp3) is 0.381. The predicted octanol–water partition coefficient (Wildman–Crippen LogP) is 3.31. The highest BCUT2D eigenvalue weighted by Crippen LogP contribution is 2.34. The molecule has 8 nitrogen and oxygen atoms in total. The Balaban J connectivity index is 1.56. The summed E-state index contributed by atoms with van der Waals surface area (Å²) >= 11 is 1.35. The number of para-hydroxylation sites is 1. The minimum atomic E-state index is -0.397. The molecule has 1 aliphatic heterocycles. The van der Waals surface area contributed by atoms with Crippen molar-refractivity contribution in [1.82, 2.24) is 24.9 Å². The van der Waals surface area contributed by atoms with Crippen molar-refractivity contribution in [3.05, 3.63) is 58.3 Å². The molecule has 2 aromatic heterocycles. The van der Waals surface area contributed by atoms with Crippen LogP contribution in [0.25, 0.3) is 5.69 Å². The van der Waals surface area contributed by atoms with Crippen molar-refractivity contribution in [1.29, 1.82) is 0 Å². The molecule has 4 rings (SSSR count). The highest BCUT2D eigenvalue weighted by Gasteiger charge is 2.32. The largest absolute Gasteiger partial charge is 0.461 e. The second-order valence-corrected chi connectivity index (χ2v) is 8.27. The number of likely N-dealkylation sites (tertiary alicyclic amines) is 1. The molecule has 1 aromatic carbocycles. The number of ether oxygens (including phenoxy) is 1. The maximum atomic E-state index is 13.5. The Labute approximate surface area is 178 Å². The molecule has 0 radical (unpaired) electrons. The molecule has 30 heavy (non-hydrogen) atoms. The SMILES string of the molecule is CCOC(=O)c1ncc(C2CCC(C)N(C(=O)c3ccccc3-n3nccn3)C2)s1. The summed E-state index contributed by atoms with van der Waals surface area (Å²) in [6.07, 6.45) is 6.74. The second-order valence-electron chi connectivity index (χ2n) is 7.20. The molecule has 2 atom stereocenters. The number of carbonyl (C=O) groups excluding carboxylic acids is 2. The van der Waals surface area contributed by atoms with Crippen LogP contribution in [0.3, 0.4) is 0 Å². The number of benzene rings is 1. The van der Waals surface area contributed by atoms with Gasteiger partial charge in [-0.1, -0.05) is 12.1 Å². The topological polar surface area (TPSA) is 90.2 Å². The Morgan fingerprint density at radius 2 is 1.97 bits per heavy atom. The van der Waals surface area contributed by atoms with Gasteiger partial charge in [0.2, 0.25) is 5.01 Å². The van der Waals surface area contributed by atoms with Crippen molar-refractivity contribution >= 4 is 23.2 Å². The van der Waals surface area contributed by atoms with Crippen molar-refractivity contribution in [2.24, 2.45) is 0 Å². The Hall–Kier alpha value is -3.07. The summed E-state index contributed by atoms with van der Waals surface area (Å²) in [6.45, 7) is 4.74. The van der Waals surface area contributed by atoms with E-state index in [2.05, 4.69) is 22.1 Å². The van der Waals surface area contributed by atoms with Gasteiger partial charge in [-0.2, -0.15) is 15.0 Å². The first-order chi connectivity index (χ1) is 14.6. The summed E-state index contributed by atoms with van der Waals surface area (Å²) in [4.78, 5) is 34.0. The van der Waals surface area contributed by atoms with Gasteiger partial charge in [0, 0.05) is 29.6 Å². The van der Waals surface area contributed by atoms with Gasteiger partial charge in [0.15, 0.2) is 0 Å². The van der Waals surface area contributed by atoms with Gasteiger partial charge < -0.3 is 9.64 Å². The van der Waals surface area contributed by atoms with Crippen LogP contribution in [0.5, 0.6) is 0 Å². The van der Waals surface area contributed by atoms with Gasteiger partial charge in [0.05, 0.1) is 30.3 Å². The summed E-state index contributed by atoms with van der Waals surface area (Å²) in [5.74, 6) is -0.303. The number of hydrogen-bond donors (Lipinski definition) is 0. The summed E-state index contributed by atoms with van der Waals surface area (Å²) in [7, 11) is 0. The molecule has 3 heterocycles. The molecule has 1 aliphatic rings. The third kappa shape index (κ3) is 3.97. The van der Waals surface area contributed by atoms with Gasteiger partial charge in [-0.25, -0.2) is 9.78 Å². The van der Waals surface area contributed by atoms with Gasteiger partial charge in [-0.3, -0.25) is 4.79 Å². The van der Waals surface area contributed by atoms with Crippen molar-refractivity contribution < 1.29 is 14.3 Å². The second kappa shape index (κ2) is 8.74. The van der Waals surface area contributed by atoms with E-state index in [1.165, 1.54) is 16.1 Å². The van der Waals surface area contributed by atoms with Gasteiger partial charge in [0.1, 0.15) is 0 Å². The summed E-state index contributed by atoms with van der Waals surface area (Å²) in [5, 5.41) is 8.71. The minimum absolute atomic E-state index is 0.0461. The Morgan fingerprint density at radius 3 is 2.73 bits per heavy atom. The average Bonchev–Trinajstić information content (AvgIpc) is 3.46. The molecule has 0 N–H and O–H groups in total. The first-order valence-electron chi connectivity index (χ1n) is 9.98. The fourth-order valence-electron chi connectivity index (χ4n) is 3.71. The molecule has 1 saturated heterocycles. The maximum absolute atomic E-state index is 13.5. The van der Waals surface area contributed by atoms with Gasteiger partial charge in [0.25, 0.3) is 5.91 Å². The van der Waals surface area contributed by atoms with Crippen molar-refractivity contribution in [2.75, 3.05) is 13.2 Å². The van der Waals surface area contributed by atoms with E-state index in [9.17, 15) is 9.59 Å². The van der Waals surface area contributed by atoms with Crippen LogP contribution in [0.15, 0.2) is 42.9 Å². The molecular formula is C21H23N5O3S. The molecule has 0 aliphatic carbocycles. The number of piperidine rings is 1. The molecule has 0 spiro atoms. The zero-order valence-corrected chi connectivity index (χ0v) is 17.7. The van der Waals surface area contributed by atoms with Gasteiger partial charge in [-0.15, -0.1) is 11.3 Å². The van der Waals surface area contributed by atoms with Crippen LogP contribution in [-0.4, -0.2) is 55.9 Å². The summed E-state index contributed by atoms with van der Waals surface area (Å²) < 4.78 is 5.04. The normalized spacial score (nSPS) is 18.9. The lowest BCUT2D eigenvalue weighted by molar-refractivity contribution is 0.0525. The van der Waals surface area contributed by atoms with E-state index >= 15 is 0 Å². The van der Waals surface area contributed by atoms with E-state index in [0.29, 0.717) is 29.4 Å². The smallest absolute Gasteiger partial charge is 0.367 e. The lowest BCUT2D eigenvalue weighted by Gasteiger charge is -2.38. The van der Waals surface area contributed by atoms with Crippen LogP contribution in [0.2, 0.25) is 0 Å². The van der Waals surface area contributed by atoms with Crippen molar-refractivity contribution in [3.63, 3.8) is 0 Å². The van der Waals surface area contributed by atoms with E-state index < -0.39 is 5.97 Å². The van der Waals surface area contributed by atoms with Crippen LogP contribution >= 0.6 is 11.3 Å². The zero-order valence-electron chi connectivity index (χ0n) is 16.9. The third-order valence-electron chi connectivity index (χ3n) is 5.29. The maximum Gasteiger partial charge on any atom is 0.367 e. The third-order valence-corrected chi connectivity index (χ3v) is 6.43. The number of thiazole rings is 1. The fourth-order valence-corrected chi connectivity index (χ4v) is 4.64.